The summed E-state index contributed by atoms with van der Waals surface area (Å²) in [5, 5.41) is 18.9. The molecule has 6 heteroatoms. The summed E-state index contributed by atoms with van der Waals surface area (Å²) in [4.78, 5) is 24.3. The fourth-order valence-corrected chi connectivity index (χ4v) is 10.3. The molecule has 0 aromatic carbocycles. The molecule has 8 atom stereocenters. The molecular weight excluding hydrogens is 476 g/mol. The molecule has 2 amide bonds. The lowest BCUT2D eigenvalue weighted by molar-refractivity contribution is -0.201. The predicted molar refractivity (Wildman–Crippen MR) is 148 cm³/mol. The largest absolute Gasteiger partial charge is 0.431 e. The van der Waals surface area contributed by atoms with Gasteiger partial charge in [-0.05, 0) is 117 Å². The Labute approximate surface area is 227 Å². The lowest BCUT2D eigenvalue weighted by Crippen LogP contribution is -2.62. The first-order valence-electron chi connectivity index (χ1n) is 15.6. The number of hydrogen-bond acceptors (Lipinski definition) is 4. The molecule has 0 bridgehead atoms. The van der Waals surface area contributed by atoms with Crippen molar-refractivity contribution < 1.29 is 14.3 Å². The Morgan fingerprint density at radius 3 is 2.55 bits per heavy atom. The maximum Gasteiger partial charge on any atom is 0.335 e. The molecule has 1 aromatic heterocycles. The molecule has 0 unspecified atom stereocenters. The Balaban J connectivity index is 1.11. The van der Waals surface area contributed by atoms with Crippen molar-refractivity contribution in [2.45, 2.75) is 121 Å². The van der Waals surface area contributed by atoms with Gasteiger partial charge in [0.25, 0.3) is 0 Å². The molecule has 0 radical (unpaired) electrons. The lowest BCUT2D eigenvalue weighted by Gasteiger charge is -2.63. The Morgan fingerprint density at radius 2 is 1.79 bits per heavy atom. The number of carbonyl (C=O) groups is 1. The number of carbonyl (C=O) groups excluding carboxylic acids is 1. The van der Waals surface area contributed by atoms with Crippen molar-refractivity contribution in [2.75, 3.05) is 6.54 Å². The van der Waals surface area contributed by atoms with Gasteiger partial charge in [-0.2, -0.15) is 0 Å². The van der Waals surface area contributed by atoms with Crippen molar-refractivity contribution in [1.29, 1.82) is 0 Å². The number of fused-ring (bicyclic) bond motifs is 5. The predicted octanol–water partition coefficient (Wildman–Crippen LogP) is 6.13. The highest BCUT2D eigenvalue weighted by atomic mass is 16.4. The van der Waals surface area contributed by atoms with Crippen molar-refractivity contribution in [2.24, 2.45) is 34.5 Å². The fourth-order valence-electron chi connectivity index (χ4n) is 10.3. The molecule has 5 fully saturated rings. The summed E-state index contributed by atoms with van der Waals surface area (Å²) in [6.45, 7) is 5.61. The molecule has 0 spiro atoms. The molecule has 6 nitrogen and oxygen atoms in total. The molecule has 0 aliphatic heterocycles. The van der Waals surface area contributed by atoms with Crippen LogP contribution in [-0.4, -0.2) is 29.3 Å². The second-order valence-corrected chi connectivity index (χ2v) is 14.2. The van der Waals surface area contributed by atoms with Crippen molar-refractivity contribution in [3.63, 3.8) is 0 Å². The summed E-state index contributed by atoms with van der Waals surface area (Å²) in [5.41, 5.74) is 0.128. The van der Waals surface area contributed by atoms with Gasteiger partial charge in [0, 0.05) is 24.1 Å². The maximum absolute atomic E-state index is 12.7. The number of rotatable bonds is 4. The van der Waals surface area contributed by atoms with E-state index in [-0.39, 0.29) is 34.4 Å². The number of urea groups is 1. The molecule has 1 aromatic rings. The van der Waals surface area contributed by atoms with Gasteiger partial charge < -0.3 is 20.2 Å². The van der Waals surface area contributed by atoms with E-state index in [9.17, 15) is 14.7 Å². The number of aliphatic hydroxyl groups is 1. The van der Waals surface area contributed by atoms with Crippen LogP contribution in [0.4, 0.5) is 4.79 Å². The zero-order valence-electron chi connectivity index (χ0n) is 23.5. The van der Waals surface area contributed by atoms with Crippen LogP contribution in [0.5, 0.6) is 0 Å². The van der Waals surface area contributed by atoms with E-state index in [1.165, 1.54) is 38.2 Å². The number of hydrogen-bond donors (Lipinski definition) is 3. The first-order chi connectivity index (χ1) is 18.2. The van der Waals surface area contributed by atoms with E-state index in [1.807, 2.05) is 6.07 Å². The average Bonchev–Trinajstić information content (AvgIpc) is 3.20. The summed E-state index contributed by atoms with van der Waals surface area (Å²) in [6, 6.07) is 3.72. The summed E-state index contributed by atoms with van der Waals surface area (Å²) in [6.07, 6.45) is 17.5. The maximum atomic E-state index is 12.7. The van der Waals surface area contributed by atoms with E-state index in [2.05, 4.69) is 24.5 Å². The molecule has 38 heavy (non-hydrogen) atoms. The third-order valence-corrected chi connectivity index (χ3v) is 12.6. The summed E-state index contributed by atoms with van der Waals surface area (Å²) >= 11 is 0. The van der Waals surface area contributed by atoms with Gasteiger partial charge >= 0.3 is 11.7 Å². The summed E-state index contributed by atoms with van der Waals surface area (Å²) in [5.74, 6) is 2.35. The SMILES string of the molecule is C[C@]12CC[C@H](NC(=O)NCC3CCCCC3)C[C@H]1CC[C@@H]1[C@@H]2CC[C@]2(C)[C@@H](c3ccc(=O)oc3)CC[C@]12O. The van der Waals surface area contributed by atoms with Crippen LogP contribution < -0.4 is 16.3 Å². The second-order valence-electron chi connectivity index (χ2n) is 14.2. The van der Waals surface area contributed by atoms with Gasteiger partial charge in [-0.3, -0.25) is 0 Å². The van der Waals surface area contributed by atoms with Crippen LogP contribution in [0.3, 0.4) is 0 Å². The van der Waals surface area contributed by atoms with Gasteiger partial charge in [-0.25, -0.2) is 9.59 Å². The van der Waals surface area contributed by atoms with E-state index in [0.29, 0.717) is 23.7 Å². The molecule has 3 N–H and O–H groups in total. The van der Waals surface area contributed by atoms with Crippen molar-refractivity contribution in [3.05, 3.63) is 34.4 Å². The zero-order valence-corrected chi connectivity index (χ0v) is 23.5. The van der Waals surface area contributed by atoms with E-state index in [1.54, 1.807) is 6.26 Å². The van der Waals surface area contributed by atoms with Gasteiger partial charge in [0.2, 0.25) is 0 Å². The van der Waals surface area contributed by atoms with Crippen molar-refractivity contribution in [1.82, 2.24) is 10.6 Å². The molecule has 1 heterocycles. The van der Waals surface area contributed by atoms with Gasteiger partial charge in [0.15, 0.2) is 0 Å². The summed E-state index contributed by atoms with van der Waals surface area (Å²) < 4.78 is 5.23. The number of amides is 2. The highest BCUT2D eigenvalue weighted by Crippen LogP contribution is 2.70. The highest BCUT2D eigenvalue weighted by molar-refractivity contribution is 5.74. The minimum Gasteiger partial charge on any atom is -0.431 e. The monoisotopic (exact) mass is 524 g/mol. The first kappa shape index (κ1) is 26.4. The van der Waals surface area contributed by atoms with Gasteiger partial charge in [-0.1, -0.05) is 33.1 Å². The minimum atomic E-state index is -0.668. The van der Waals surface area contributed by atoms with Crippen LogP contribution in [0.15, 0.2) is 27.6 Å². The lowest BCUT2D eigenvalue weighted by atomic mass is 9.43. The highest BCUT2D eigenvalue weighted by Gasteiger charge is 2.67. The molecule has 210 valence electrons. The van der Waals surface area contributed by atoms with Crippen molar-refractivity contribution >= 4 is 6.03 Å². The molecule has 6 rings (SSSR count). The third kappa shape index (κ3) is 4.33. The minimum absolute atomic E-state index is 0.0225. The molecule has 5 aliphatic rings. The van der Waals surface area contributed by atoms with Gasteiger partial charge in [0.05, 0.1) is 11.9 Å². The Hall–Kier alpha value is -1.82. The number of nitrogens with one attached hydrogen (secondary N) is 2. The molecule has 5 aliphatic carbocycles. The molecular formula is C32H48N2O4. The molecule has 0 saturated heterocycles. The zero-order chi connectivity index (χ0) is 26.5. The van der Waals surface area contributed by atoms with E-state index in [0.717, 1.165) is 69.9 Å². The van der Waals surface area contributed by atoms with E-state index >= 15 is 0 Å². The standard InChI is InChI=1S/C32H48N2O4/c1-30-15-12-24(34-29(36)33-19-21-6-4-3-5-7-21)18-23(30)9-10-27-26(30)13-16-31(2)25(14-17-32(27,31)37)22-8-11-28(35)38-20-22/h8,11,20-21,23-27,37H,3-7,9-10,12-19H2,1-2H3,(H2,33,34,36)/t23-,24+,25-,26+,27-,30+,31-,32+/m1/s1. The average molecular weight is 525 g/mol. The Bertz CT molecular complexity index is 1060. The van der Waals surface area contributed by atoms with Crippen LogP contribution in [0, 0.1) is 34.5 Å². The fraction of sp³-hybridized carbons (Fsp3) is 0.812. The van der Waals surface area contributed by atoms with Crippen LogP contribution in [0.2, 0.25) is 0 Å². The van der Waals surface area contributed by atoms with Crippen LogP contribution in [-0.2, 0) is 0 Å². The van der Waals surface area contributed by atoms with Gasteiger partial charge in [0.1, 0.15) is 0 Å². The van der Waals surface area contributed by atoms with E-state index in [4.69, 9.17) is 4.42 Å². The summed E-state index contributed by atoms with van der Waals surface area (Å²) in [7, 11) is 0. The Kier molecular flexibility index (Phi) is 6.93. The van der Waals surface area contributed by atoms with E-state index < -0.39 is 5.60 Å². The van der Waals surface area contributed by atoms with Crippen LogP contribution in [0.1, 0.15) is 115 Å². The first-order valence-corrected chi connectivity index (χ1v) is 15.6. The van der Waals surface area contributed by atoms with Crippen molar-refractivity contribution in [3.8, 4) is 0 Å². The Morgan fingerprint density at radius 1 is 0.974 bits per heavy atom. The molecule has 5 saturated carbocycles. The second kappa shape index (κ2) is 9.98. The normalized spacial score (nSPS) is 43.0. The van der Waals surface area contributed by atoms with Gasteiger partial charge in [-0.15, -0.1) is 0 Å². The van der Waals surface area contributed by atoms with Crippen LogP contribution in [0.25, 0.3) is 0 Å². The smallest absolute Gasteiger partial charge is 0.335 e. The topological polar surface area (TPSA) is 91.6 Å². The third-order valence-electron chi connectivity index (χ3n) is 12.6. The quantitative estimate of drug-likeness (QED) is 0.442. The van der Waals surface area contributed by atoms with Crippen LogP contribution >= 0.6 is 0 Å².